The molecule has 0 aliphatic carbocycles. The van der Waals surface area contributed by atoms with Crippen LogP contribution in [0.4, 0.5) is 4.79 Å². The molecule has 21 heavy (non-hydrogen) atoms. The molecule has 0 radical (unpaired) electrons. The summed E-state index contributed by atoms with van der Waals surface area (Å²) in [6.07, 6.45) is 1.27. The molecule has 1 atom stereocenters. The summed E-state index contributed by atoms with van der Waals surface area (Å²) < 4.78 is 5.15. The molecule has 0 spiro atoms. The highest BCUT2D eigenvalue weighted by molar-refractivity contribution is 5.85. The molecule has 0 aromatic carbocycles. The lowest BCUT2D eigenvalue weighted by Gasteiger charge is -2.14. The minimum absolute atomic E-state index is 0.153. The molecule has 0 unspecified atom stereocenters. The molecule has 6 nitrogen and oxygen atoms in total. The van der Waals surface area contributed by atoms with Crippen LogP contribution in [0.1, 0.15) is 26.2 Å². The second kappa shape index (κ2) is 9.24. The Morgan fingerprint density at radius 3 is 2.90 bits per heavy atom. The Kier molecular flexibility index (Phi) is 7.62. The third-order valence-corrected chi connectivity index (χ3v) is 3.09. The molecule has 1 heterocycles. The van der Waals surface area contributed by atoms with Crippen molar-refractivity contribution in [1.82, 2.24) is 15.1 Å². The van der Waals surface area contributed by atoms with Crippen molar-refractivity contribution in [2.75, 3.05) is 40.3 Å². The topological polar surface area (TPSA) is 61.9 Å². The molecular formula is C15H25N3O3. The van der Waals surface area contributed by atoms with E-state index < -0.39 is 12.2 Å². The van der Waals surface area contributed by atoms with E-state index >= 15 is 0 Å². The summed E-state index contributed by atoms with van der Waals surface area (Å²) >= 11 is 0. The van der Waals surface area contributed by atoms with Gasteiger partial charge in [-0.05, 0) is 20.5 Å². The van der Waals surface area contributed by atoms with Gasteiger partial charge in [0.05, 0.1) is 13.1 Å². The number of hydrogen-bond acceptors (Lipinski definition) is 4. The fourth-order valence-electron chi connectivity index (χ4n) is 1.88. The van der Waals surface area contributed by atoms with E-state index in [-0.39, 0.29) is 5.91 Å². The van der Waals surface area contributed by atoms with Crippen molar-refractivity contribution < 1.29 is 14.3 Å². The summed E-state index contributed by atoms with van der Waals surface area (Å²) in [5.74, 6) is 5.79. The summed E-state index contributed by atoms with van der Waals surface area (Å²) in [5.41, 5.74) is 0. The van der Waals surface area contributed by atoms with Crippen LogP contribution in [-0.2, 0) is 9.53 Å². The molecule has 1 rings (SSSR count). The van der Waals surface area contributed by atoms with E-state index in [1.54, 1.807) is 4.90 Å². The van der Waals surface area contributed by atoms with Gasteiger partial charge in [0.25, 0.3) is 5.91 Å². The van der Waals surface area contributed by atoms with Crippen LogP contribution in [0.2, 0.25) is 0 Å². The number of amides is 2. The van der Waals surface area contributed by atoms with Crippen molar-refractivity contribution in [2.45, 2.75) is 32.3 Å². The predicted octanol–water partition coefficient (Wildman–Crippen LogP) is 0.679. The minimum Gasteiger partial charge on any atom is -0.436 e. The van der Waals surface area contributed by atoms with E-state index in [1.165, 1.54) is 0 Å². The second-order valence-electron chi connectivity index (χ2n) is 5.31. The first-order valence-electron chi connectivity index (χ1n) is 7.38. The number of unbranched alkanes of at least 4 members (excludes halogenated alkanes) is 1. The Balaban J connectivity index is 2.31. The number of ether oxygens (including phenoxy) is 1. The summed E-state index contributed by atoms with van der Waals surface area (Å²) in [5, 5.41) is 2.65. The van der Waals surface area contributed by atoms with Gasteiger partial charge in [-0.1, -0.05) is 25.2 Å². The van der Waals surface area contributed by atoms with E-state index in [0.717, 1.165) is 12.8 Å². The Hall–Kier alpha value is -1.74. The lowest BCUT2D eigenvalue weighted by atomic mass is 10.3. The van der Waals surface area contributed by atoms with Crippen molar-refractivity contribution in [3.05, 3.63) is 0 Å². The van der Waals surface area contributed by atoms with Crippen LogP contribution in [0.5, 0.6) is 0 Å². The number of alkyl carbamates (subject to hydrolysis) is 1. The lowest BCUT2D eigenvalue weighted by molar-refractivity contribution is -0.134. The van der Waals surface area contributed by atoms with E-state index in [4.69, 9.17) is 4.74 Å². The first kappa shape index (κ1) is 17.3. The molecule has 6 heteroatoms. The number of likely N-dealkylation sites (tertiary alicyclic amines) is 1. The third-order valence-electron chi connectivity index (χ3n) is 3.09. The monoisotopic (exact) mass is 295 g/mol. The van der Waals surface area contributed by atoms with E-state index in [0.29, 0.717) is 32.6 Å². The highest BCUT2D eigenvalue weighted by Gasteiger charge is 2.33. The summed E-state index contributed by atoms with van der Waals surface area (Å²) in [7, 11) is 3.88. The van der Waals surface area contributed by atoms with Crippen molar-refractivity contribution in [3.63, 3.8) is 0 Å². The average Bonchev–Trinajstić information content (AvgIpc) is 2.76. The number of hydrogen-bond donors (Lipinski definition) is 1. The zero-order valence-electron chi connectivity index (χ0n) is 13.1. The van der Waals surface area contributed by atoms with Crippen LogP contribution in [0.15, 0.2) is 0 Å². The van der Waals surface area contributed by atoms with Crippen molar-refractivity contribution in [3.8, 4) is 11.8 Å². The van der Waals surface area contributed by atoms with Gasteiger partial charge in [0.2, 0.25) is 0 Å². The van der Waals surface area contributed by atoms with Crippen LogP contribution in [-0.4, -0.2) is 68.2 Å². The molecule has 1 aliphatic heterocycles. The van der Waals surface area contributed by atoms with Gasteiger partial charge in [-0.3, -0.25) is 9.69 Å². The highest BCUT2D eigenvalue weighted by Crippen LogP contribution is 2.14. The Morgan fingerprint density at radius 2 is 2.24 bits per heavy atom. The van der Waals surface area contributed by atoms with Crippen LogP contribution >= 0.6 is 0 Å². The average molecular weight is 295 g/mol. The molecule has 1 saturated heterocycles. The zero-order chi connectivity index (χ0) is 15.7. The molecule has 0 aromatic heterocycles. The number of carbonyl (C=O) groups excluding carboxylic acids is 2. The van der Waals surface area contributed by atoms with Gasteiger partial charge in [-0.15, -0.1) is 0 Å². The number of nitrogens with zero attached hydrogens (tertiary/aromatic N) is 2. The number of nitrogens with one attached hydrogen (secondary N) is 1. The van der Waals surface area contributed by atoms with Gasteiger partial charge < -0.3 is 15.0 Å². The van der Waals surface area contributed by atoms with Gasteiger partial charge in [0.1, 0.15) is 0 Å². The fourth-order valence-corrected chi connectivity index (χ4v) is 1.88. The second-order valence-corrected chi connectivity index (χ2v) is 5.31. The van der Waals surface area contributed by atoms with Gasteiger partial charge in [0, 0.05) is 19.5 Å². The van der Waals surface area contributed by atoms with Crippen LogP contribution in [0, 0.1) is 11.8 Å². The van der Waals surface area contributed by atoms with Gasteiger partial charge in [0.15, 0.2) is 6.10 Å². The molecule has 2 amide bonds. The molecule has 0 saturated carbocycles. The molecule has 1 aliphatic rings. The van der Waals surface area contributed by atoms with Crippen LogP contribution < -0.4 is 5.32 Å². The maximum absolute atomic E-state index is 12.0. The largest absolute Gasteiger partial charge is 0.436 e. The first-order chi connectivity index (χ1) is 10.0. The van der Waals surface area contributed by atoms with E-state index in [9.17, 15) is 9.59 Å². The van der Waals surface area contributed by atoms with Crippen LogP contribution in [0.25, 0.3) is 0 Å². The van der Waals surface area contributed by atoms with Gasteiger partial charge in [-0.25, -0.2) is 4.79 Å². The number of carbonyl (C=O) groups is 2. The smallest absolute Gasteiger partial charge is 0.407 e. The highest BCUT2D eigenvalue weighted by atomic mass is 16.6. The quantitative estimate of drug-likeness (QED) is 0.578. The van der Waals surface area contributed by atoms with Crippen LogP contribution in [0.3, 0.4) is 0 Å². The van der Waals surface area contributed by atoms with Crippen molar-refractivity contribution >= 4 is 12.0 Å². The van der Waals surface area contributed by atoms with Crippen molar-refractivity contribution in [1.29, 1.82) is 0 Å². The van der Waals surface area contributed by atoms with E-state index in [1.807, 2.05) is 25.9 Å². The van der Waals surface area contributed by atoms with E-state index in [2.05, 4.69) is 17.2 Å². The normalized spacial score (nSPS) is 17.6. The SMILES string of the molecule is CCCCNC(=O)O[C@@H]1CCN(CC#CCN(C)C)C1=O. The van der Waals surface area contributed by atoms with Crippen molar-refractivity contribution in [2.24, 2.45) is 0 Å². The maximum atomic E-state index is 12.0. The maximum Gasteiger partial charge on any atom is 0.407 e. The molecule has 118 valence electrons. The van der Waals surface area contributed by atoms with Gasteiger partial charge in [-0.2, -0.15) is 0 Å². The Morgan fingerprint density at radius 1 is 1.48 bits per heavy atom. The molecule has 1 fully saturated rings. The minimum atomic E-state index is -0.665. The fraction of sp³-hybridized carbons (Fsp3) is 0.733. The lowest BCUT2D eigenvalue weighted by Crippen LogP contribution is -2.35. The van der Waals surface area contributed by atoms with Gasteiger partial charge >= 0.3 is 6.09 Å². The summed E-state index contributed by atoms with van der Waals surface area (Å²) in [6.45, 7) is 4.27. The molecular weight excluding hydrogens is 270 g/mol. The standard InChI is InChI=1S/C15H25N3O3/c1-4-5-9-16-15(20)21-13-8-12-18(14(13)19)11-7-6-10-17(2)3/h13H,4-5,8-12H2,1-3H3,(H,16,20)/t13-/m1/s1. The molecule has 1 N–H and O–H groups in total. The molecule has 0 bridgehead atoms. The Bertz CT molecular complexity index is 412. The number of rotatable bonds is 6. The summed E-state index contributed by atoms with van der Waals surface area (Å²) in [4.78, 5) is 27.2. The summed E-state index contributed by atoms with van der Waals surface area (Å²) in [6, 6.07) is 0. The first-order valence-corrected chi connectivity index (χ1v) is 7.38. The Labute approximate surface area is 126 Å². The predicted molar refractivity (Wildman–Crippen MR) is 80.7 cm³/mol. The third kappa shape index (κ3) is 6.50. The molecule has 0 aromatic rings. The zero-order valence-corrected chi connectivity index (χ0v) is 13.1.